The highest BCUT2D eigenvalue weighted by molar-refractivity contribution is 9.10. The zero-order valence-corrected chi connectivity index (χ0v) is 21.4. The molecule has 3 aromatic rings. The number of hydrogen-bond donors (Lipinski definition) is 1. The van der Waals surface area contributed by atoms with Gasteiger partial charge in [-0.2, -0.15) is 0 Å². The summed E-state index contributed by atoms with van der Waals surface area (Å²) in [5.74, 6) is 0.447. The smallest absolute Gasteiger partial charge is 0.264 e. The van der Waals surface area contributed by atoms with Crippen LogP contribution in [0.2, 0.25) is 0 Å². The Hall–Kier alpha value is -2.84. The maximum Gasteiger partial charge on any atom is 0.264 e. The Morgan fingerprint density at radius 2 is 1.67 bits per heavy atom. The van der Waals surface area contributed by atoms with Crippen molar-refractivity contribution in [2.45, 2.75) is 31.6 Å². The number of sulfonamides is 1. The number of rotatable bonds is 8. The highest BCUT2D eigenvalue weighted by atomic mass is 79.9. The van der Waals surface area contributed by atoms with E-state index in [0.29, 0.717) is 27.5 Å². The molecule has 0 bridgehead atoms. The summed E-state index contributed by atoms with van der Waals surface area (Å²) < 4.78 is 33.9. The molecule has 0 aromatic heterocycles. The second-order valence-corrected chi connectivity index (χ2v) is 10.7. The number of anilines is 2. The van der Waals surface area contributed by atoms with Crippen molar-refractivity contribution in [3.8, 4) is 5.75 Å². The Morgan fingerprint density at radius 1 is 1.03 bits per heavy atom. The molecule has 0 saturated carbocycles. The fourth-order valence-electron chi connectivity index (χ4n) is 3.24. The largest absolute Gasteiger partial charge is 0.496 e. The van der Waals surface area contributed by atoms with E-state index in [2.05, 4.69) is 35.1 Å². The lowest BCUT2D eigenvalue weighted by molar-refractivity contribution is -0.114. The Balaban J connectivity index is 1.92. The lowest BCUT2D eigenvalue weighted by atomic mass is 10.0. The predicted molar refractivity (Wildman–Crippen MR) is 136 cm³/mol. The number of benzene rings is 3. The molecule has 1 N–H and O–H groups in total. The third kappa shape index (κ3) is 5.94. The Morgan fingerprint density at radius 3 is 2.21 bits per heavy atom. The minimum Gasteiger partial charge on any atom is -0.496 e. The van der Waals surface area contributed by atoms with Crippen LogP contribution in [0.25, 0.3) is 0 Å². The standard InChI is InChI=1S/C25H27BrN2O4S/c1-17(2)19-7-9-20(10-8-19)27-25(29)16-28(21-11-5-18(3)6-12-21)33(30,31)22-13-14-24(32-4)23(26)15-22/h5-15,17H,16H2,1-4H3,(H,27,29). The minimum absolute atomic E-state index is 0.0461. The fourth-order valence-corrected chi connectivity index (χ4v) is 5.38. The summed E-state index contributed by atoms with van der Waals surface area (Å²) in [6.07, 6.45) is 0. The summed E-state index contributed by atoms with van der Waals surface area (Å²) in [5.41, 5.74) is 3.15. The molecule has 174 valence electrons. The maximum absolute atomic E-state index is 13.6. The molecule has 0 spiro atoms. The van der Waals surface area contributed by atoms with Crippen molar-refractivity contribution in [2.24, 2.45) is 0 Å². The average Bonchev–Trinajstić information content (AvgIpc) is 2.78. The maximum atomic E-state index is 13.6. The van der Waals surface area contributed by atoms with Crippen LogP contribution in [0.3, 0.4) is 0 Å². The molecule has 0 atom stereocenters. The van der Waals surface area contributed by atoms with Crippen LogP contribution < -0.4 is 14.4 Å². The van der Waals surface area contributed by atoms with Crippen molar-refractivity contribution in [2.75, 3.05) is 23.3 Å². The van der Waals surface area contributed by atoms with E-state index in [1.807, 2.05) is 43.3 Å². The van der Waals surface area contributed by atoms with Gasteiger partial charge in [-0.1, -0.05) is 43.7 Å². The van der Waals surface area contributed by atoms with Crippen LogP contribution >= 0.6 is 15.9 Å². The van der Waals surface area contributed by atoms with Crippen molar-refractivity contribution in [3.05, 3.63) is 82.3 Å². The van der Waals surface area contributed by atoms with Crippen molar-refractivity contribution in [1.82, 2.24) is 0 Å². The molecule has 3 rings (SSSR count). The number of ether oxygens (including phenoxy) is 1. The number of nitrogens with one attached hydrogen (secondary N) is 1. The lowest BCUT2D eigenvalue weighted by Crippen LogP contribution is -2.38. The van der Waals surface area contributed by atoms with Crippen LogP contribution in [0, 0.1) is 6.92 Å². The zero-order chi connectivity index (χ0) is 24.2. The van der Waals surface area contributed by atoms with Crippen LogP contribution in [-0.4, -0.2) is 28.0 Å². The molecular weight excluding hydrogens is 504 g/mol. The van der Waals surface area contributed by atoms with Crippen molar-refractivity contribution in [1.29, 1.82) is 0 Å². The first kappa shape index (κ1) is 24.8. The molecular formula is C25H27BrN2O4S. The number of amides is 1. The molecule has 0 radical (unpaired) electrons. The second-order valence-electron chi connectivity index (χ2n) is 7.97. The van der Waals surface area contributed by atoms with Gasteiger partial charge < -0.3 is 10.1 Å². The topological polar surface area (TPSA) is 75.7 Å². The monoisotopic (exact) mass is 530 g/mol. The number of methoxy groups -OCH3 is 1. The highest BCUT2D eigenvalue weighted by Crippen LogP contribution is 2.31. The van der Waals surface area contributed by atoms with E-state index in [-0.39, 0.29) is 11.4 Å². The highest BCUT2D eigenvalue weighted by Gasteiger charge is 2.28. The number of hydrogen-bond acceptors (Lipinski definition) is 4. The molecule has 0 aliphatic carbocycles. The van der Waals surface area contributed by atoms with Gasteiger partial charge in [0.25, 0.3) is 10.0 Å². The van der Waals surface area contributed by atoms with E-state index in [1.165, 1.54) is 19.2 Å². The first-order valence-corrected chi connectivity index (χ1v) is 12.7. The third-order valence-electron chi connectivity index (χ3n) is 5.18. The summed E-state index contributed by atoms with van der Waals surface area (Å²) >= 11 is 3.34. The zero-order valence-electron chi connectivity index (χ0n) is 19.0. The third-order valence-corrected chi connectivity index (χ3v) is 7.57. The molecule has 0 aliphatic heterocycles. The fraction of sp³-hybridized carbons (Fsp3) is 0.240. The summed E-state index contributed by atoms with van der Waals surface area (Å²) in [6.45, 7) is 5.72. The van der Waals surface area contributed by atoms with Crippen LogP contribution in [-0.2, 0) is 14.8 Å². The van der Waals surface area contributed by atoms with Gasteiger partial charge in [0, 0.05) is 5.69 Å². The minimum atomic E-state index is -4.03. The average molecular weight is 531 g/mol. The van der Waals surface area contributed by atoms with Gasteiger partial charge in [0.2, 0.25) is 5.91 Å². The van der Waals surface area contributed by atoms with Crippen LogP contribution in [0.1, 0.15) is 30.9 Å². The van der Waals surface area contributed by atoms with E-state index in [4.69, 9.17) is 4.74 Å². The molecule has 0 fully saturated rings. The SMILES string of the molecule is COc1ccc(S(=O)(=O)N(CC(=O)Nc2ccc(C(C)C)cc2)c2ccc(C)cc2)cc1Br. The van der Waals surface area contributed by atoms with Crippen molar-refractivity contribution >= 4 is 43.2 Å². The summed E-state index contributed by atoms with van der Waals surface area (Å²) in [6, 6.07) is 19.0. The van der Waals surface area contributed by atoms with E-state index in [1.54, 1.807) is 18.2 Å². The van der Waals surface area contributed by atoms with Gasteiger partial charge in [-0.25, -0.2) is 8.42 Å². The van der Waals surface area contributed by atoms with E-state index in [9.17, 15) is 13.2 Å². The van der Waals surface area contributed by atoms with E-state index in [0.717, 1.165) is 15.4 Å². The van der Waals surface area contributed by atoms with Gasteiger partial charge in [0.05, 0.1) is 22.2 Å². The molecule has 6 nitrogen and oxygen atoms in total. The van der Waals surface area contributed by atoms with Gasteiger partial charge in [0.1, 0.15) is 12.3 Å². The molecule has 8 heteroatoms. The van der Waals surface area contributed by atoms with Crippen molar-refractivity contribution < 1.29 is 17.9 Å². The summed E-state index contributed by atoms with van der Waals surface area (Å²) in [4.78, 5) is 12.9. The summed E-state index contributed by atoms with van der Waals surface area (Å²) in [5, 5.41) is 2.80. The molecule has 0 aliphatic rings. The van der Waals surface area contributed by atoms with Gasteiger partial charge >= 0.3 is 0 Å². The normalized spacial score (nSPS) is 11.3. The molecule has 0 saturated heterocycles. The Labute approximate surface area is 203 Å². The molecule has 1 amide bonds. The first-order chi connectivity index (χ1) is 15.6. The van der Waals surface area contributed by atoms with E-state index < -0.39 is 15.9 Å². The number of carbonyl (C=O) groups is 1. The van der Waals surface area contributed by atoms with Gasteiger partial charge in [-0.3, -0.25) is 9.10 Å². The molecule has 33 heavy (non-hydrogen) atoms. The van der Waals surface area contributed by atoms with Crippen molar-refractivity contribution in [3.63, 3.8) is 0 Å². The number of nitrogens with zero attached hydrogens (tertiary/aromatic N) is 1. The van der Waals surface area contributed by atoms with Gasteiger partial charge in [-0.15, -0.1) is 0 Å². The van der Waals surface area contributed by atoms with Crippen LogP contribution in [0.5, 0.6) is 5.75 Å². The molecule has 0 heterocycles. The number of halogens is 1. The second kappa shape index (κ2) is 10.4. The van der Waals surface area contributed by atoms with E-state index >= 15 is 0 Å². The molecule has 3 aromatic carbocycles. The molecule has 0 unspecified atom stereocenters. The Bertz CT molecular complexity index is 1220. The lowest BCUT2D eigenvalue weighted by Gasteiger charge is -2.24. The number of aryl methyl sites for hydroxylation is 1. The van der Waals surface area contributed by atoms with Crippen LogP contribution in [0.15, 0.2) is 76.1 Å². The van der Waals surface area contributed by atoms with Crippen LogP contribution in [0.4, 0.5) is 11.4 Å². The quantitative estimate of drug-likeness (QED) is 0.403. The first-order valence-electron chi connectivity index (χ1n) is 10.4. The van der Waals surface area contributed by atoms with Gasteiger partial charge in [0.15, 0.2) is 0 Å². The van der Waals surface area contributed by atoms with Gasteiger partial charge in [-0.05, 0) is 76.8 Å². The Kier molecular flexibility index (Phi) is 7.81. The predicted octanol–water partition coefficient (Wildman–Crippen LogP) is 5.72. The summed E-state index contributed by atoms with van der Waals surface area (Å²) in [7, 11) is -2.53. The number of carbonyl (C=O) groups excluding carboxylic acids is 1.